The van der Waals surface area contributed by atoms with Gasteiger partial charge in [0.2, 0.25) is 0 Å². The maximum Gasteiger partial charge on any atom is 0.341 e. The van der Waals surface area contributed by atoms with Crippen LogP contribution < -0.4 is 0 Å². The molecular formula is C32H35FN6O4. The van der Waals surface area contributed by atoms with Crippen molar-refractivity contribution >= 4 is 11.9 Å². The van der Waals surface area contributed by atoms with Gasteiger partial charge in [-0.15, -0.1) is 5.10 Å². The molecule has 1 saturated heterocycles. The lowest BCUT2D eigenvalue weighted by molar-refractivity contribution is 0.0524. The van der Waals surface area contributed by atoms with Crippen molar-refractivity contribution in [3.05, 3.63) is 83.2 Å². The Labute approximate surface area is 249 Å². The van der Waals surface area contributed by atoms with E-state index < -0.39 is 11.8 Å². The van der Waals surface area contributed by atoms with Crippen LogP contribution in [-0.4, -0.2) is 74.0 Å². The van der Waals surface area contributed by atoms with Gasteiger partial charge in [0.1, 0.15) is 11.4 Å². The first-order chi connectivity index (χ1) is 20.9. The first-order valence-corrected chi connectivity index (χ1v) is 14.8. The van der Waals surface area contributed by atoms with E-state index in [-0.39, 0.29) is 36.0 Å². The molecule has 2 fully saturated rings. The van der Waals surface area contributed by atoms with Crippen molar-refractivity contribution in [2.24, 2.45) is 7.05 Å². The van der Waals surface area contributed by atoms with Crippen LogP contribution in [0.3, 0.4) is 0 Å². The number of amides is 1. The molecule has 2 unspecified atom stereocenters. The Morgan fingerprint density at radius 1 is 1.07 bits per heavy atom. The zero-order valence-electron chi connectivity index (χ0n) is 24.6. The highest BCUT2D eigenvalue weighted by Gasteiger charge is 2.46. The fraction of sp³-hybridized carbons (Fsp3) is 0.406. The number of nitrogens with zero attached hydrogens (tertiary/aromatic N) is 6. The van der Waals surface area contributed by atoms with E-state index in [2.05, 4.69) is 15.4 Å². The smallest absolute Gasteiger partial charge is 0.341 e. The highest BCUT2D eigenvalue weighted by Crippen LogP contribution is 2.55. The predicted molar refractivity (Wildman–Crippen MR) is 157 cm³/mol. The molecule has 2 aliphatic rings. The molecular weight excluding hydrogens is 551 g/mol. The van der Waals surface area contributed by atoms with E-state index in [9.17, 15) is 9.59 Å². The molecule has 0 bridgehead atoms. The molecule has 2 aromatic heterocycles. The van der Waals surface area contributed by atoms with Gasteiger partial charge < -0.3 is 14.4 Å². The molecule has 0 spiro atoms. The van der Waals surface area contributed by atoms with E-state index in [1.165, 1.54) is 12.3 Å². The van der Waals surface area contributed by atoms with Gasteiger partial charge in [0, 0.05) is 43.8 Å². The molecule has 0 N–H and O–H groups in total. The summed E-state index contributed by atoms with van der Waals surface area (Å²) in [6, 6.07) is 12.2. The minimum absolute atomic E-state index is 0.00922. The number of halogens is 1. The quantitative estimate of drug-likeness (QED) is 0.244. The average Bonchev–Trinajstić information content (AvgIpc) is 3.33. The second kappa shape index (κ2) is 12.1. The van der Waals surface area contributed by atoms with Crippen molar-refractivity contribution in [2.45, 2.75) is 51.0 Å². The number of likely N-dealkylation sites (tertiary alicyclic amines) is 1. The van der Waals surface area contributed by atoms with Crippen LogP contribution in [0.15, 0.2) is 54.9 Å². The third kappa shape index (κ3) is 5.56. The molecule has 1 saturated carbocycles. The molecule has 6 rings (SSSR count). The molecule has 224 valence electrons. The van der Waals surface area contributed by atoms with Gasteiger partial charge in [-0.1, -0.05) is 29.5 Å². The molecule has 4 aromatic rings. The third-order valence-corrected chi connectivity index (χ3v) is 8.23. The van der Waals surface area contributed by atoms with Crippen molar-refractivity contribution in [1.29, 1.82) is 0 Å². The largest absolute Gasteiger partial charge is 0.462 e. The number of ether oxygens (including phenoxy) is 2. The Balaban J connectivity index is 1.33. The zero-order valence-corrected chi connectivity index (χ0v) is 24.6. The van der Waals surface area contributed by atoms with Crippen molar-refractivity contribution in [2.75, 3.05) is 26.4 Å². The standard InChI is InChI=1S/C32H35FN6O4/c1-4-42-19-22-11-8-14-38(22)31(40)24-13-7-12-23(29(24)33)20-9-6-10-21(15-20)39-30(27(17-34-39)32(41)43-5-2)26-16-25(26)28-18-37(3)36-35-28/h6-7,9-10,12-13,15,17-18,22,25-26H,4-5,8,11,14,16,19H2,1-3H3/t22-,25?,26?/m1/s1. The van der Waals surface area contributed by atoms with Gasteiger partial charge in [-0.05, 0) is 56.9 Å². The van der Waals surface area contributed by atoms with Crippen LogP contribution >= 0.6 is 0 Å². The molecule has 1 aliphatic carbocycles. The Morgan fingerprint density at radius 3 is 2.67 bits per heavy atom. The van der Waals surface area contributed by atoms with Crippen molar-refractivity contribution in [3.8, 4) is 16.8 Å². The number of esters is 1. The minimum Gasteiger partial charge on any atom is -0.462 e. The monoisotopic (exact) mass is 586 g/mol. The molecule has 2 aromatic carbocycles. The zero-order chi connectivity index (χ0) is 30.1. The van der Waals surface area contributed by atoms with E-state index >= 15 is 4.39 Å². The summed E-state index contributed by atoms with van der Waals surface area (Å²) in [5.41, 5.74) is 3.60. The Morgan fingerprint density at radius 2 is 1.91 bits per heavy atom. The minimum atomic E-state index is -0.565. The van der Waals surface area contributed by atoms with Crippen LogP contribution in [0.5, 0.6) is 0 Å². The number of carbonyl (C=O) groups is 2. The topological polar surface area (TPSA) is 104 Å². The van der Waals surface area contributed by atoms with Crippen molar-refractivity contribution in [1.82, 2.24) is 29.7 Å². The van der Waals surface area contributed by atoms with Gasteiger partial charge in [-0.3, -0.25) is 9.48 Å². The van der Waals surface area contributed by atoms with Gasteiger partial charge in [0.05, 0.1) is 48.1 Å². The predicted octanol–water partition coefficient (Wildman–Crippen LogP) is 4.90. The maximum atomic E-state index is 16.1. The summed E-state index contributed by atoms with van der Waals surface area (Å²) in [6.07, 6.45) is 5.91. The highest BCUT2D eigenvalue weighted by molar-refractivity contribution is 5.96. The van der Waals surface area contributed by atoms with Crippen molar-refractivity contribution in [3.63, 3.8) is 0 Å². The number of carbonyl (C=O) groups excluding carboxylic acids is 2. The number of rotatable bonds is 10. The van der Waals surface area contributed by atoms with Crippen LogP contribution in [0, 0.1) is 5.82 Å². The normalized spacial score (nSPS) is 19.5. The lowest BCUT2D eigenvalue weighted by Gasteiger charge is -2.25. The second-order valence-electron chi connectivity index (χ2n) is 11.0. The summed E-state index contributed by atoms with van der Waals surface area (Å²) in [6.45, 7) is 5.53. The molecule has 3 heterocycles. The average molecular weight is 587 g/mol. The molecule has 10 nitrogen and oxygen atoms in total. The summed E-state index contributed by atoms with van der Waals surface area (Å²) in [4.78, 5) is 28.1. The van der Waals surface area contributed by atoms with Crippen molar-refractivity contribution < 1.29 is 23.5 Å². The lowest BCUT2D eigenvalue weighted by Crippen LogP contribution is -2.38. The summed E-state index contributed by atoms with van der Waals surface area (Å²) >= 11 is 0. The van der Waals surface area contributed by atoms with Crippen LogP contribution in [0.2, 0.25) is 0 Å². The number of hydrogen-bond acceptors (Lipinski definition) is 7. The van der Waals surface area contributed by atoms with Crippen LogP contribution in [0.1, 0.15) is 77.0 Å². The van der Waals surface area contributed by atoms with E-state index in [4.69, 9.17) is 9.47 Å². The molecule has 43 heavy (non-hydrogen) atoms. The second-order valence-corrected chi connectivity index (χ2v) is 11.0. The molecule has 1 aliphatic heterocycles. The molecule has 1 amide bonds. The van der Waals surface area contributed by atoms with Gasteiger partial charge in [0.15, 0.2) is 0 Å². The summed E-state index contributed by atoms with van der Waals surface area (Å²) in [7, 11) is 1.82. The van der Waals surface area contributed by atoms with Gasteiger partial charge in [-0.25, -0.2) is 13.9 Å². The summed E-state index contributed by atoms with van der Waals surface area (Å²) < 4.78 is 30.4. The van der Waals surface area contributed by atoms with Crippen LogP contribution in [0.25, 0.3) is 16.8 Å². The van der Waals surface area contributed by atoms with Crippen LogP contribution in [0.4, 0.5) is 4.39 Å². The first-order valence-electron chi connectivity index (χ1n) is 14.8. The number of hydrogen-bond donors (Lipinski definition) is 0. The fourth-order valence-corrected chi connectivity index (χ4v) is 6.06. The summed E-state index contributed by atoms with van der Waals surface area (Å²) in [5.74, 6) is -1.24. The number of aryl methyl sites for hydroxylation is 1. The Bertz CT molecular complexity index is 1650. The van der Waals surface area contributed by atoms with E-state index in [1.54, 1.807) is 39.4 Å². The SMILES string of the molecule is CCOC[C@H]1CCCN1C(=O)c1cccc(-c2cccc(-n3ncc(C(=O)OCC)c3C3CC3c3cn(C)nn3)c2)c1F. The summed E-state index contributed by atoms with van der Waals surface area (Å²) in [5, 5.41) is 12.9. The first kappa shape index (κ1) is 28.7. The lowest BCUT2D eigenvalue weighted by atomic mass is 10.0. The fourth-order valence-electron chi connectivity index (χ4n) is 6.06. The van der Waals surface area contributed by atoms with Gasteiger partial charge in [0.25, 0.3) is 5.91 Å². The number of aromatic nitrogens is 5. The maximum absolute atomic E-state index is 16.1. The molecule has 3 atom stereocenters. The Hall–Kier alpha value is -4.38. The third-order valence-electron chi connectivity index (χ3n) is 8.23. The Kier molecular flexibility index (Phi) is 8.07. The number of benzene rings is 2. The molecule has 0 radical (unpaired) electrons. The van der Waals surface area contributed by atoms with Crippen LogP contribution in [-0.2, 0) is 16.5 Å². The highest BCUT2D eigenvalue weighted by atomic mass is 19.1. The van der Waals surface area contributed by atoms with E-state index in [0.717, 1.165) is 30.7 Å². The molecule has 11 heteroatoms. The van der Waals surface area contributed by atoms with Gasteiger partial charge in [-0.2, -0.15) is 5.10 Å². The van der Waals surface area contributed by atoms with E-state index in [1.807, 2.05) is 38.4 Å². The van der Waals surface area contributed by atoms with Gasteiger partial charge >= 0.3 is 5.97 Å². The van der Waals surface area contributed by atoms with E-state index in [0.29, 0.717) is 42.1 Å².